The number of hydrogen-bond donors (Lipinski definition) is 1. The molecule has 5 heteroatoms. The number of benzene rings is 2. The van der Waals surface area contributed by atoms with Crippen LogP contribution in [0.3, 0.4) is 0 Å². The Bertz CT molecular complexity index is 985. The largest absolute Gasteiger partial charge is 0.401 e. The lowest BCUT2D eigenvalue weighted by molar-refractivity contribution is 0.516. The summed E-state index contributed by atoms with van der Waals surface area (Å²) in [5.41, 5.74) is 1.62. The predicted octanol–water partition coefficient (Wildman–Crippen LogP) is 2.73. The molecule has 5 nitrogen and oxygen atoms in total. The van der Waals surface area contributed by atoms with Gasteiger partial charge < -0.3 is 4.42 Å². The second-order valence-corrected chi connectivity index (χ2v) is 4.44. The van der Waals surface area contributed by atoms with Crippen molar-refractivity contribution in [3.63, 3.8) is 0 Å². The summed E-state index contributed by atoms with van der Waals surface area (Å²) < 4.78 is 5.29. The van der Waals surface area contributed by atoms with Gasteiger partial charge in [0, 0.05) is 5.39 Å². The molecule has 0 aliphatic carbocycles. The van der Waals surface area contributed by atoms with Gasteiger partial charge in [0.15, 0.2) is 5.69 Å². The number of fused-ring (bicyclic) bond motifs is 2. The average Bonchev–Trinajstić information content (AvgIpc) is 2.91. The standard InChI is InChI=1S/C15H9N3O2/c19-15-10-6-2-3-7-11(10)16-14(20-15)13-9-5-1-4-8-12(9)17-18-13/h1-8H,(H,17,18). The Kier molecular flexibility index (Phi) is 2.20. The number of aromatic amines is 1. The fraction of sp³-hybridized carbons (Fsp3) is 0. The van der Waals surface area contributed by atoms with Gasteiger partial charge in [-0.3, -0.25) is 5.10 Å². The van der Waals surface area contributed by atoms with E-state index in [-0.39, 0.29) is 5.89 Å². The van der Waals surface area contributed by atoms with Gasteiger partial charge in [0.05, 0.1) is 16.4 Å². The zero-order valence-electron chi connectivity index (χ0n) is 10.3. The summed E-state index contributed by atoms with van der Waals surface area (Å²) in [7, 11) is 0. The Morgan fingerprint density at radius 2 is 1.70 bits per heavy atom. The van der Waals surface area contributed by atoms with Gasteiger partial charge in [-0.05, 0) is 18.2 Å². The van der Waals surface area contributed by atoms with E-state index in [1.54, 1.807) is 18.2 Å². The molecule has 2 aromatic heterocycles. The van der Waals surface area contributed by atoms with E-state index in [4.69, 9.17) is 4.42 Å². The van der Waals surface area contributed by atoms with Crippen LogP contribution in [-0.4, -0.2) is 15.2 Å². The molecule has 0 saturated heterocycles. The minimum atomic E-state index is -0.405. The van der Waals surface area contributed by atoms with Gasteiger partial charge in [-0.2, -0.15) is 5.10 Å². The maximum Gasteiger partial charge on any atom is 0.347 e. The van der Waals surface area contributed by atoms with Crippen molar-refractivity contribution in [2.75, 3.05) is 0 Å². The van der Waals surface area contributed by atoms with Crippen LogP contribution in [0.5, 0.6) is 0 Å². The second-order valence-electron chi connectivity index (χ2n) is 4.44. The molecule has 20 heavy (non-hydrogen) atoms. The van der Waals surface area contributed by atoms with Crippen LogP contribution >= 0.6 is 0 Å². The smallest absolute Gasteiger partial charge is 0.347 e. The van der Waals surface area contributed by atoms with Crippen molar-refractivity contribution in [2.45, 2.75) is 0 Å². The van der Waals surface area contributed by atoms with Crippen molar-refractivity contribution in [1.82, 2.24) is 15.2 Å². The molecule has 1 N–H and O–H groups in total. The summed E-state index contributed by atoms with van der Waals surface area (Å²) in [4.78, 5) is 16.4. The molecule has 0 radical (unpaired) electrons. The van der Waals surface area contributed by atoms with E-state index in [1.807, 2.05) is 30.3 Å². The van der Waals surface area contributed by atoms with Gasteiger partial charge >= 0.3 is 5.63 Å². The van der Waals surface area contributed by atoms with Crippen LogP contribution in [0.1, 0.15) is 0 Å². The zero-order valence-corrected chi connectivity index (χ0v) is 10.3. The number of nitrogens with one attached hydrogen (secondary N) is 1. The first-order valence-electron chi connectivity index (χ1n) is 6.16. The second kappa shape index (κ2) is 4.03. The molecule has 2 heterocycles. The Morgan fingerprint density at radius 1 is 0.950 bits per heavy atom. The average molecular weight is 263 g/mol. The van der Waals surface area contributed by atoms with Crippen molar-refractivity contribution in [3.8, 4) is 11.6 Å². The highest BCUT2D eigenvalue weighted by atomic mass is 16.4. The highest BCUT2D eigenvalue weighted by molar-refractivity contribution is 5.91. The third-order valence-electron chi connectivity index (χ3n) is 3.21. The van der Waals surface area contributed by atoms with Gasteiger partial charge in [0.25, 0.3) is 5.89 Å². The monoisotopic (exact) mass is 263 g/mol. The van der Waals surface area contributed by atoms with Crippen LogP contribution in [-0.2, 0) is 0 Å². The minimum Gasteiger partial charge on any atom is -0.401 e. The van der Waals surface area contributed by atoms with Gasteiger partial charge in [-0.1, -0.05) is 30.3 Å². The Hall–Kier alpha value is -2.95. The molecular weight excluding hydrogens is 254 g/mol. The molecule has 0 aliphatic rings. The van der Waals surface area contributed by atoms with Crippen molar-refractivity contribution < 1.29 is 4.42 Å². The lowest BCUT2D eigenvalue weighted by Gasteiger charge is -1.98. The molecule has 2 aromatic carbocycles. The third-order valence-corrected chi connectivity index (χ3v) is 3.21. The number of aromatic nitrogens is 3. The Balaban J connectivity index is 2.05. The summed E-state index contributed by atoms with van der Waals surface area (Å²) in [5.74, 6) is 0.228. The van der Waals surface area contributed by atoms with Crippen LogP contribution < -0.4 is 5.63 Å². The van der Waals surface area contributed by atoms with E-state index in [0.29, 0.717) is 16.6 Å². The van der Waals surface area contributed by atoms with E-state index in [9.17, 15) is 4.79 Å². The number of para-hydroxylation sites is 2. The lowest BCUT2D eigenvalue weighted by Crippen LogP contribution is -2.02. The first-order chi connectivity index (χ1) is 9.83. The van der Waals surface area contributed by atoms with Gasteiger partial charge in [0.2, 0.25) is 0 Å². The molecule has 4 rings (SSSR count). The maximum atomic E-state index is 12.0. The summed E-state index contributed by atoms with van der Waals surface area (Å²) in [6.07, 6.45) is 0. The summed E-state index contributed by atoms with van der Waals surface area (Å²) in [5, 5.41) is 8.44. The molecule has 0 spiro atoms. The molecular formula is C15H9N3O2. The molecule has 4 aromatic rings. The molecule has 0 fully saturated rings. The third kappa shape index (κ3) is 1.53. The zero-order chi connectivity index (χ0) is 13.5. The highest BCUT2D eigenvalue weighted by Gasteiger charge is 2.13. The molecule has 96 valence electrons. The van der Waals surface area contributed by atoms with Crippen molar-refractivity contribution in [1.29, 1.82) is 0 Å². The van der Waals surface area contributed by atoms with Crippen molar-refractivity contribution >= 4 is 21.8 Å². The molecule has 0 aliphatic heterocycles. The van der Waals surface area contributed by atoms with Crippen molar-refractivity contribution in [3.05, 3.63) is 59.0 Å². The van der Waals surface area contributed by atoms with E-state index in [1.165, 1.54) is 0 Å². The van der Waals surface area contributed by atoms with Crippen LogP contribution in [0.25, 0.3) is 33.4 Å². The Labute approximate surface area is 112 Å². The van der Waals surface area contributed by atoms with Crippen LogP contribution in [0.15, 0.2) is 57.7 Å². The molecule has 0 amide bonds. The molecule has 0 saturated carbocycles. The lowest BCUT2D eigenvalue weighted by atomic mass is 10.2. The predicted molar refractivity (Wildman–Crippen MR) is 75.4 cm³/mol. The van der Waals surface area contributed by atoms with E-state index < -0.39 is 5.63 Å². The summed E-state index contributed by atoms with van der Waals surface area (Å²) >= 11 is 0. The van der Waals surface area contributed by atoms with Crippen LogP contribution in [0.2, 0.25) is 0 Å². The molecule has 0 atom stereocenters. The minimum absolute atomic E-state index is 0.228. The number of hydrogen-bond acceptors (Lipinski definition) is 4. The number of H-pyrrole nitrogens is 1. The van der Waals surface area contributed by atoms with Gasteiger partial charge in [-0.25, -0.2) is 9.78 Å². The normalized spacial score (nSPS) is 11.2. The Morgan fingerprint density at radius 3 is 2.60 bits per heavy atom. The summed E-state index contributed by atoms with van der Waals surface area (Å²) in [6.45, 7) is 0. The fourth-order valence-corrected chi connectivity index (χ4v) is 2.25. The van der Waals surface area contributed by atoms with E-state index in [2.05, 4.69) is 15.2 Å². The summed E-state index contributed by atoms with van der Waals surface area (Å²) in [6, 6.07) is 14.7. The first kappa shape index (κ1) is 10.9. The number of nitrogens with zero attached hydrogens (tertiary/aromatic N) is 2. The van der Waals surface area contributed by atoms with Crippen molar-refractivity contribution in [2.24, 2.45) is 0 Å². The van der Waals surface area contributed by atoms with Crippen LogP contribution in [0.4, 0.5) is 0 Å². The number of rotatable bonds is 1. The fourth-order valence-electron chi connectivity index (χ4n) is 2.25. The molecule has 0 bridgehead atoms. The first-order valence-corrected chi connectivity index (χ1v) is 6.16. The molecule has 0 unspecified atom stereocenters. The van der Waals surface area contributed by atoms with Gasteiger partial charge in [0.1, 0.15) is 0 Å². The highest BCUT2D eigenvalue weighted by Crippen LogP contribution is 2.24. The van der Waals surface area contributed by atoms with E-state index >= 15 is 0 Å². The van der Waals surface area contributed by atoms with Gasteiger partial charge in [-0.15, -0.1) is 0 Å². The van der Waals surface area contributed by atoms with Crippen LogP contribution in [0, 0.1) is 0 Å². The quantitative estimate of drug-likeness (QED) is 0.573. The SMILES string of the molecule is O=c1oc(-c2n[nH]c3ccccc23)nc2ccccc12. The van der Waals surface area contributed by atoms with E-state index in [0.717, 1.165) is 10.9 Å². The maximum absolute atomic E-state index is 12.0. The topological polar surface area (TPSA) is 71.8 Å².